The summed E-state index contributed by atoms with van der Waals surface area (Å²) in [4.78, 5) is 57.2. The molecule has 0 saturated carbocycles. The molecule has 384 valence electrons. The number of piperidine rings is 2. The van der Waals surface area contributed by atoms with Gasteiger partial charge >= 0.3 is 6.03 Å². The number of aliphatic hydroxyl groups excluding tert-OH is 1. The van der Waals surface area contributed by atoms with Crippen molar-refractivity contribution < 1.29 is 42.5 Å². The van der Waals surface area contributed by atoms with E-state index in [9.17, 15) is 24.3 Å². The van der Waals surface area contributed by atoms with Gasteiger partial charge in [0.05, 0.1) is 23.6 Å². The van der Waals surface area contributed by atoms with Crippen molar-refractivity contribution in [2.75, 3.05) is 63.9 Å². The van der Waals surface area contributed by atoms with Crippen LogP contribution in [-0.4, -0.2) is 114 Å². The number of amides is 5. The van der Waals surface area contributed by atoms with Crippen LogP contribution in [0.4, 0.5) is 19.4 Å². The van der Waals surface area contributed by atoms with Gasteiger partial charge in [0.2, 0.25) is 17.7 Å². The molecule has 5 aromatic rings. The Hall–Kier alpha value is -6.69. The number of aryl methyl sites for hydroxylation is 1. The molecule has 17 heteroatoms. The third-order valence-electron chi connectivity index (χ3n) is 16.1. The fraction of sp³-hybridized carbons (Fsp3) is 0.446. The molecule has 4 aliphatic heterocycles. The smallest absolute Gasteiger partial charge is 0.329 e. The number of likely N-dealkylation sites (tertiary alicyclic amines) is 2. The normalized spacial score (nSPS) is 22.9. The van der Waals surface area contributed by atoms with E-state index in [4.69, 9.17) is 15.2 Å². The van der Waals surface area contributed by atoms with Crippen LogP contribution in [0, 0.1) is 30.4 Å². The first kappa shape index (κ1) is 49.9. The molecule has 3 saturated heterocycles. The van der Waals surface area contributed by atoms with E-state index in [0.29, 0.717) is 49.4 Å². The van der Waals surface area contributed by atoms with Gasteiger partial charge in [-0.05, 0) is 117 Å². The second-order valence-electron chi connectivity index (χ2n) is 20.4. The lowest BCUT2D eigenvalue weighted by molar-refractivity contribution is -0.135. The first-order valence-corrected chi connectivity index (χ1v) is 25.7. The van der Waals surface area contributed by atoms with E-state index < -0.39 is 35.1 Å². The third kappa shape index (κ3) is 9.58. The summed E-state index contributed by atoms with van der Waals surface area (Å²) in [6, 6.07) is 19.7. The van der Waals surface area contributed by atoms with Crippen molar-refractivity contribution in [2.24, 2.45) is 24.6 Å². The van der Waals surface area contributed by atoms with Crippen LogP contribution in [0.3, 0.4) is 0 Å². The zero-order valence-corrected chi connectivity index (χ0v) is 41.7. The van der Waals surface area contributed by atoms with E-state index >= 15 is 8.78 Å². The van der Waals surface area contributed by atoms with E-state index in [0.717, 1.165) is 74.6 Å². The van der Waals surface area contributed by atoms with Crippen molar-refractivity contribution in [3.63, 3.8) is 0 Å². The minimum atomic E-state index is -1.06. The number of aromatic nitrogens is 2. The number of fused-ring (bicyclic) bond motifs is 2. The molecule has 4 aromatic carbocycles. The Kier molecular flexibility index (Phi) is 14.1. The number of carbonyl (C=O) groups is 4. The highest BCUT2D eigenvalue weighted by Gasteiger charge is 2.50. The molecule has 15 nitrogen and oxygen atoms in total. The van der Waals surface area contributed by atoms with Crippen LogP contribution >= 0.6 is 0 Å². The van der Waals surface area contributed by atoms with Gasteiger partial charge in [-0.3, -0.25) is 29.3 Å². The van der Waals surface area contributed by atoms with Crippen LogP contribution in [0.15, 0.2) is 78.9 Å². The number of hydrogen-bond donors (Lipinski definition) is 4. The van der Waals surface area contributed by atoms with Crippen molar-refractivity contribution in [3.05, 3.63) is 118 Å². The molecule has 4 unspecified atom stereocenters. The van der Waals surface area contributed by atoms with Gasteiger partial charge in [0.25, 0.3) is 0 Å². The number of hydrogen-bond acceptors (Lipinski definition) is 10. The predicted octanol–water partition coefficient (Wildman–Crippen LogP) is 7.18. The van der Waals surface area contributed by atoms with Gasteiger partial charge in [0.15, 0.2) is 23.0 Å². The molecule has 5 heterocycles. The number of rotatable bonds is 14. The fourth-order valence-electron chi connectivity index (χ4n) is 12.0. The molecule has 3 fully saturated rings. The highest BCUT2D eigenvalue weighted by molar-refractivity contribution is 6.09. The van der Waals surface area contributed by atoms with Crippen molar-refractivity contribution >= 4 is 40.5 Å². The van der Waals surface area contributed by atoms with Gasteiger partial charge in [-0.15, -0.1) is 0 Å². The Labute approximate surface area is 423 Å². The minimum absolute atomic E-state index is 0.0610. The number of urea groups is 1. The van der Waals surface area contributed by atoms with Crippen LogP contribution in [-0.2, 0) is 22.2 Å². The van der Waals surface area contributed by atoms with Gasteiger partial charge in [-0.2, -0.15) is 5.10 Å². The van der Waals surface area contributed by atoms with Crippen LogP contribution in [0.1, 0.15) is 96.3 Å². The quantitative estimate of drug-likeness (QED) is 0.0832. The van der Waals surface area contributed by atoms with Crippen molar-refractivity contribution in [1.82, 2.24) is 30.2 Å². The topological polar surface area (TPSA) is 185 Å². The van der Waals surface area contributed by atoms with Crippen molar-refractivity contribution in [3.8, 4) is 22.6 Å². The average Bonchev–Trinajstić information content (AvgIpc) is 3.88. The number of carbonyl (C=O) groups excluding carboxylic acids is 4. The van der Waals surface area contributed by atoms with Gasteiger partial charge in [-0.25, -0.2) is 13.6 Å². The second kappa shape index (κ2) is 20.7. The average molecular weight is 999 g/mol. The Morgan fingerprint density at radius 3 is 2.41 bits per heavy atom. The predicted molar refractivity (Wildman–Crippen MR) is 272 cm³/mol. The Bertz CT molecular complexity index is 2970. The molecule has 1 aromatic heterocycles. The molecule has 0 bridgehead atoms. The number of halogens is 2. The lowest BCUT2D eigenvalue weighted by Gasteiger charge is -2.39. The van der Waals surface area contributed by atoms with E-state index in [1.165, 1.54) is 23.8 Å². The van der Waals surface area contributed by atoms with Crippen LogP contribution in [0.2, 0.25) is 0 Å². The molecule has 10 rings (SSSR count). The maximum absolute atomic E-state index is 16.5. The summed E-state index contributed by atoms with van der Waals surface area (Å²) in [6.45, 7) is 7.79. The van der Waals surface area contributed by atoms with Gasteiger partial charge in [0.1, 0.15) is 18.2 Å². The number of benzene rings is 4. The Morgan fingerprint density at radius 1 is 0.945 bits per heavy atom. The van der Waals surface area contributed by atoms with Gasteiger partial charge < -0.3 is 35.4 Å². The van der Waals surface area contributed by atoms with Gasteiger partial charge in [0, 0.05) is 80.7 Å². The number of primary amides is 1. The molecule has 0 radical (unpaired) electrons. The number of anilines is 1. The summed E-state index contributed by atoms with van der Waals surface area (Å²) >= 11 is 0. The molecule has 0 spiro atoms. The number of nitrogens with one attached hydrogen (secondary N) is 2. The largest absolute Gasteiger partial charge is 0.488 e. The summed E-state index contributed by atoms with van der Waals surface area (Å²) in [5.74, 6) is -1.70. The van der Waals surface area contributed by atoms with E-state index in [2.05, 4.69) is 51.0 Å². The second-order valence-corrected chi connectivity index (χ2v) is 20.4. The monoisotopic (exact) mass is 998 g/mol. The summed E-state index contributed by atoms with van der Waals surface area (Å²) < 4.78 is 46.7. The highest BCUT2D eigenvalue weighted by Crippen LogP contribution is 2.55. The molecular formula is C56H64F2N8O7. The van der Waals surface area contributed by atoms with E-state index in [1.54, 1.807) is 11.8 Å². The Morgan fingerprint density at radius 2 is 1.71 bits per heavy atom. The van der Waals surface area contributed by atoms with Gasteiger partial charge in [-0.1, -0.05) is 55.5 Å². The van der Waals surface area contributed by atoms with Crippen LogP contribution in [0.5, 0.6) is 11.5 Å². The number of imide groups is 1. The molecular weight excluding hydrogens is 935 g/mol. The lowest BCUT2D eigenvalue weighted by atomic mass is 9.76. The fourth-order valence-corrected chi connectivity index (χ4v) is 12.0. The molecule has 73 heavy (non-hydrogen) atoms. The van der Waals surface area contributed by atoms with Crippen LogP contribution < -0.4 is 30.7 Å². The number of nitrogens with zero attached hydrogens (tertiary/aromatic N) is 5. The zero-order valence-electron chi connectivity index (χ0n) is 41.7. The molecule has 4 atom stereocenters. The highest BCUT2D eigenvalue weighted by atomic mass is 19.1. The molecule has 5 aliphatic rings. The van der Waals surface area contributed by atoms with E-state index in [-0.39, 0.29) is 77.2 Å². The number of nitrogens with two attached hydrogens (primary N) is 1. The van der Waals surface area contributed by atoms with E-state index in [1.807, 2.05) is 53.9 Å². The lowest BCUT2D eigenvalue weighted by Crippen LogP contribution is -2.51. The Balaban J connectivity index is 0.745. The first-order valence-electron chi connectivity index (χ1n) is 25.7. The summed E-state index contributed by atoms with van der Waals surface area (Å²) in [5.41, 5.74) is 8.36. The number of ether oxygens (including phenoxy) is 2. The molecule has 5 N–H and O–H groups in total. The summed E-state index contributed by atoms with van der Waals surface area (Å²) in [5, 5.41) is 21.1. The van der Waals surface area contributed by atoms with Crippen LogP contribution in [0.25, 0.3) is 22.0 Å². The first-order chi connectivity index (χ1) is 35.2. The maximum Gasteiger partial charge on any atom is 0.329 e. The molecule has 1 aliphatic carbocycles. The molecule has 5 amide bonds. The summed E-state index contributed by atoms with van der Waals surface area (Å²) in [7, 11) is 1.89. The SMILES string of the molecule is Cc1c(F)cc2c(c1-c1c(C(N)=O)ccc(OCCO)c1F)C(C)C(CNC1CCN(C(=O)C3C=CC(CN4CCC(c5ccc6c(N7CCC(=O)NC7=O)nn(C)c6c5)CC4)CC3)CC1)(c1ccccc1)O2. The van der Waals surface area contributed by atoms with Crippen molar-refractivity contribution in [1.29, 1.82) is 0 Å². The third-order valence-corrected chi connectivity index (χ3v) is 16.1. The number of aliphatic hydroxyl groups is 1. The standard InChI is InChI=1S/C56H64F2N8O7/c1-33-43(57)30-46-49(48(33)50-42(52(59)69)15-16-45(51(50)58)72-28-27-67)34(2)56(73-46,39-7-5-4-6-8-39)32-60-40-19-24-65(25-20-40)54(70)37-11-9-35(10-12-37)31-64-22-17-36(18-23-64)38-13-14-41-44(29-38)63(3)62-53(41)66-26-21-47(68)61-55(66)71/h4-9,11,13-16,29-30,34-37,40,60,67H,10,12,17-28,31-32H2,1-3H3,(H2,59,69)(H,61,68,71). The zero-order chi connectivity index (χ0) is 51.1. The van der Waals surface area contributed by atoms with Crippen molar-refractivity contribution in [2.45, 2.75) is 82.3 Å². The summed E-state index contributed by atoms with van der Waals surface area (Å²) in [6.07, 6.45) is 9.96. The minimum Gasteiger partial charge on any atom is -0.488 e. The maximum atomic E-state index is 16.5.